The average molecular weight is 2080 g/mol. The van der Waals surface area contributed by atoms with E-state index in [4.69, 9.17) is 42.6 Å². The Kier molecular flexibility index (Phi) is 28.2. The van der Waals surface area contributed by atoms with E-state index in [-0.39, 0.29) is 36.8 Å². The monoisotopic (exact) mass is 2080 g/mol. The zero-order chi connectivity index (χ0) is 103. The van der Waals surface area contributed by atoms with E-state index in [9.17, 15) is 13.2 Å². The number of methoxy groups -OCH3 is 6. The van der Waals surface area contributed by atoms with Crippen LogP contribution < -0.4 is 53.3 Å². The molecule has 45 heteroatoms. The molecule has 0 amide bonds. The van der Waals surface area contributed by atoms with Crippen molar-refractivity contribution >= 4 is 140 Å². The van der Waals surface area contributed by atoms with E-state index < -0.39 is 17.5 Å². The lowest BCUT2D eigenvalue weighted by Gasteiger charge is -2.09. The molecule has 748 valence electrons. The van der Waals surface area contributed by atoms with Gasteiger partial charge in [0.05, 0.1) is 143 Å². The molecule has 0 aliphatic carbocycles. The maximum absolute atomic E-state index is 14.6. The number of nitrogens with zero attached hydrogens (tertiary/aromatic N) is 27. The quantitative estimate of drug-likeness (QED) is 0.0508. The Bertz CT molecular complexity index is 8800. The number of fused-ring (bicyclic) bond motifs is 10. The minimum absolute atomic E-state index is 0.122. The maximum Gasteiger partial charge on any atom is 0.213 e. The lowest BCUT2D eigenvalue weighted by Crippen LogP contribution is -2.06. The van der Waals surface area contributed by atoms with Crippen LogP contribution in [0, 0.1) is 45.1 Å². The molecule has 25 rings (SSSR count). The number of hydrogen-bond donors (Lipinski definition) is 2. The maximum atomic E-state index is 14.6. The Labute approximate surface area is 865 Å². The van der Waals surface area contributed by atoms with Gasteiger partial charge in [0.15, 0.2) is 74.8 Å². The molecule has 0 spiro atoms. The number of rotatable bonds is 26. The molecule has 0 aliphatic heterocycles. The highest BCUT2D eigenvalue weighted by molar-refractivity contribution is 7.15. The molecule has 2 N–H and O–H groups in total. The third-order valence-corrected chi connectivity index (χ3v) is 27.4. The van der Waals surface area contributed by atoms with Crippen LogP contribution in [-0.4, -0.2) is 175 Å². The molecule has 3 aromatic carbocycles. The summed E-state index contributed by atoms with van der Waals surface area (Å²) in [6.45, 7) is 9.11. The Morgan fingerprint density at radius 1 is 0.327 bits per heavy atom. The first-order valence-corrected chi connectivity index (χ1v) is 49.3. The molecule has 0 bridgehead atoms. The standard InChI is InChI=1S/C23H19N5O3.C21H16FN5O2S.C21H17N5O2S.2C20H16FN7OS/c1-29-16-7-8-17-19(12-16)24-11-10-20(17)31-14-22-27-26-21-9-6-15(13-28(21)22)18-4-3-5-23(25-18)30-2;1-12-24-9-19(30-12)13-7-16(22)21-26-25-20(27(21)10-13)11-29-18-5-6-23-17-8-14(28-2)3-4-15(17)18;1-13-10-23-21(29-13)14-3-6-19-24-25-20(26(19)11-14)12-28-18-7-8-22-17-9-15(27-2)4-5-16(17)18;1-11-23-8-17(30-11)12-5-14(21)20-27-26-18(28(20)10-12)9-24-15-3-4-22-16-6-13(29-2)7-25-19(15)16;1-11-5-17(30-27-11)12-6-14(21)20-26-25-18(28(20)10-12)9-23-15-3-4-22-16-7-13(29-2)8-24-19(15)16/h3-13H,14H2,1-2H3;3-10H,11H2,1-2H3;3-11H,12H2,1-2H3;3-8,10H,9H2,1-2H3,(H,22,24);3-8,10H,9H2,1-2H3,(H,22,23). The van der Waals surface area contributed by atoms with Crippen molar-refractivity contribution in [3.05, 3.63) is 324 Å². The third-order valence-electron chi connectivity index (χ3n) is 23.6. The zero-order valence-corrected chi connectivity index (χ0v) is 84.6. The highest BCUT2D eigenvalue weighted by Crippen LogP contribution is 2.38. The van der Waals surface area contributed by atoms with Gasteiger partial charge in [0.2, 0.25) is 5.88 Å². The van der Waals surface area contributed by atoms with Gasteiger partial charge in [-0.2, -0.15) is 4.37 Å². The predicted molar refractivity (Wildman–Crippen MR) is 563 cm³/mol. The fourth-order valence-corrected chi connectivity index (χ4v) is 19.1. The van der Waals surface area contributed by atoms with Crippen LogP contribution in [0.3, 0.4) is 0 Å². The van der Waals surface area contributed by atoms with Crippen LogP contribution in [0.5, 0.6) is 51.9 Å². The first-order valence-electron chi connectivity index (χ1n) is 46.0. The van der Waals surface area contributed by atoms with Gasteiger partial charge >= 0.3 is 0 Å². The number of hydrogen-bond acceptors (Lipinski definition) is 37. The minimum Gasteiger partial charge on any atom is -0.497 e. The summed E-state index contributed by atoms with van der Waals surface area (Å²) in [6, 6.07) is 49.5. The normalized spacial score (nSPS) is 11.2. The first-order chi connectivity index (χ1) is 73.3. The van der Waals surface area contributed by atoms with Crippen molar-refractivity contribution in [1.82, 2.24) is 132 Å². The Morgan fingerprint density at radius 2 is 0.733 bits per heavy atom. The summed E-state index contributed by atoms with van der Waals surface area (Å²) in [7, 11) is 9.65. The number of thiazole rings is 3. The van der Waals surface area contributed by atoms with Gasteiger partial charge in [0, 0.05) is 166 Å². The Balaban J connectivity index is 0.000000109. The summed E-state index contributed by atoms with van der Waals surface area (Å²) in [4.78, 5) is 52.0. The SMILES string of the molecule is COc1ccc2c(OCc3nnc4c(F)cc(-c5cnc(C)s5)cn34)ccnc2c1.COc1ccc2c(OCc3nnc4ccc(-c5cccc(OC)n5)cn34)ccnc2c1.COc1ccc2c(OCc3nnc4ccc(-c5ncc(C)s5)cn34)ccnc2c1.COc1cnc2c(NCc3nnc4c(F)cc(-c5cc(C)ns5)cn34)ccnc2c1.COc1cnc2c(NCc3nnc4c(F)cc(-c5cnc(C)s5)cn34)ccnc2c1. The fraction of sp³-hybridized carbons (Fsp3) is 0.143. The highest BCUT2D eigenvalue weighted by atomic mass is 32.1. The number of nitrogens with one attached hydrogen (secondary N) is 2. The van der Waals surface area contributed by atoms with Crippen molar-refractivity contribution in [2.24, 2.45) is 0 Å². The second-order valence-electron chi connectivity index (χ2n) is 33.2. The summed E-state index contributed by atoms with van der Waals surface area (Å²) in [6.07, 6.45) is 26.5. The van der Waals surface area contributed by atoms with Gasteiger partial charge < -0.3 is 53.3 Å². The second-order valence-corrected chi connectivity index (χ2v) is 37.7. The van der Waals surface area contributed by atoms with Gasteiger partial charge in [-0.3, -0.25) is 46.9 Å². The van der Waals surface area contributed by atoms with Crippen molar-refractivity contribution in [3.8, 4) is 105 Å². The van der Waals surface area contributed by atoms with Gasteiger partial charge in [-0.25, -0.2) is 43.1 Å². The fourth-order valence-electron chi connectivity index (χ4n) is 16.1. The van der Waals surface area contributed by atoms with Gasteiger partial charge in [-0.1, -0.05) is 6.07 Å². The smallest absolute Gasteiger partial charge is 0.213 e. The van der Waals surface area contributed by atoms with Gasteiger partial charge in [-0.05, 0) is 161 Å². The van der Waals surface area contributed by atoms with E-state index in [0.29, 0.717) is 93.0 Å². The molecule has 0 unspecified atom stereocenters. The molecule has 0 saturated carbocycles. The van der Waals surface area contributed by atoms with Crippen LogP contribution in [0.15, 0.2) is 257 Å². The number of halogens is 3. The van der Waals surface area contributed by atoms with Crippen LogP contribution in [0.4, 0.5) is 24.5 Å². The summed E-state index contributed by atoms with van der Waals surface area (Å²) in [5, 5.41) is 53.6. The van der Waals surface area contributed by atoms with Crippen LogP contribution >= 0.6 is 45.5 Å². The summed E-state index contributed by atoms with van der Waals surface area (Å²) < 4.78 is 106. The topological polar surface area (TPSA) is 413 Å². The van der Waals surface area contributed by atoms with Crippen LogP contribution in [-0.2, 0) is 32.9 Å². The van der Waals surface area contributed by atoms with Crippen LogP contribution in [0.2, 0.25) is 0 Å². The van der Waals surface area contributed by atoms with Gasteiger partial charge in [0.1, 0.15) is 81.9 Å². The Morgan fingerprint density at radius 3 is 1.16 bits per heavy atom. The molecule has 0 fully saturated rings. The first kappa shape index (κ1) is 97.4. The molecule has 22 heterocycles. The molecule has 0 atom stereocenters. The number of pyridine rings is 13. The molecule has 0 aliphatic rings. The molecule has 22 aromatic heterocycles. The number of aromatic nitrogens is 27. The van der Waals surface area contributed by atoms with Gasteiger partial charge in [-0.15, -0.1) is 85.0 Å². The van der Waals surface area contributed by atoms with E-state index in [0.717, 1.165) is 147 Å². The van der Waals surface area contributed by atoms with Crippen molar-refractivity contribution in [2.45, 2.75) is 60.6 Å². The minimum atomic E-state index is -0.446. The van der Waals surface area contributed by atoms with Crippen molar-refractivity contribution in [3.63, 3.8) is 0 Å². The predicted octanol–water partition coefficient (Wildman–Crippen LogP) is 20.4. The molecule has 38 nitrogen and oxygen atoms in total. The second kappa shape index (κ2) is 43.3. The van der Waals surface area contributed by atoms with Crippen LogP contribution in [0.25, 0.3) is 136 Å². The molecule has 0 saturated heterocycles. The van der Waals surface area contributed by atoms with Crippen LogP contribution in [0.1, 0.15) is 49.7 Å². The van der Waals surface area contributed by atoms with E-state index >= 15 is 0 Å². The molecule has 25 aromatic rings. The van der Waals surface area contributed by atoms with Crippen molar-refractivity contribution < 1.29 is 55.8 Å². The number of ether oxygens (including phenoxy) is 9. The highest BCUT2D eigenvalue weighted by Gasteiger charge is 2.23. The van der Waals surface area contributed by atoms with E-state index in [2.05, 4.69) is 121 Å². The third kappa shape index (κ3) is 21.0. The van der Waals surface area contributed by atoms with E-state index in [1.165, 1.54) is 57.3 Å². The Hall–Kier alpha value is -18.6. The largest absolute Gasteiger partial charge is 0.497 e. The summed E-state index contributed by atoms with van der Waals surface area (Å²) >= 11 is 6.00. The zero-order valence-electron chi connectivity index (χ0n) is 81.3. The summed E-state index contributed by atoms with van der Waals surface area (Å²) in [5.74, 6) is 7.89. The number of aryl methyl sites for hydroxylation is 4. The average Bonchev–Trinajstić information content (AvgIpc) is 1.23. The molecule has 0 radical (unpaired) electrons. The van der Waals surface area contributed by atoms with E-state index in [1.54, 1.807) is 135 Å². The molecule has 150 heavy (non-hydrogen) atoms. The van der Waals surface area contributed by atoms with Gasteiger partial charge in [0.25, 0.3) is 0 Å². The van der Waals surface area contributed by atoms with Crippen molar-refractivity contribution in [1.29, 1.82) is 0 Å². The number of anilines is 2. The number of benzene rings is 3. The summed E-state index contributed by atoms with van der Waals surface area (Å²) in [5.41, 5.74) is 14.6. The molecular weight excluding hydrogens is 2000 g/mol. The lowest BCUT2D eigenvalue weighted by atomic mass is 10.2. The molecular formula is C105H84F3N29O9S4. The van der Waals surface area contributed by atoms with E-state index in [1.807, 2.05) is 207 Å². The lowest BCUT2D eigenvalue weighted by molar-refractivity contribution is 0.298. The van der Waals surface area contributed by atoms with Crippen molar-refractivity contribution in [2.75, 3.05) is 53.3 Å².